The van der Waals surface area contributed by atoms with Gasteiger partial charge in [0.15, 0.2) is 5.65 Å². The standard InChI is InChI=1S/C15H12BrClFN3/c1-8-6-12-15(19-7-8)21(14(20-12)9(2)17)13-10(16)4-3-5-11(13)18/h3-7,9H,1-2H3. The van der Waals surface area contributed by atoms with Gasteiger partial charge in [-0.2, -0.15) is 0 Å². The van der Waals surface area contributed by atoms with Crippen LogP contribution in [0.15, 0.2) is 34.9 Å². The molecule has 1 aromatic carbocycles. The van der Waals surface area contributed by atoms with Gasteiger partial charge in [0.1, 0.15) is 17.2 Å². The zero-order valence-corrected chi connectivity index (χ0v) is 13.8. The molecule has 0 amide bonds. The Hall–Kier alpha value is -1.46. The van der Waals surface area contributed by atoms with E-state index in [9.17, 15) is 4.39 Å². The Bertz CT molecular complexity index is 809. The lowest BCUT2D eigenvalue weighted by atomic mass is 10.2. The highest BCUT2D eigenvalue weighted by Crippen LogP contribution is 2.32. The van der Waals surface area contributed by atoms with Gasteiger partial charge in [0.05, 0.1) is 11.1 Å². The number of halogens is 3. The SMILES string of the molecule is Cc1cnc2c(c1)nc(C(C)Cl)n2-c1c(F)cccc1Br. The van der Waals surface area contributed by atoms with Crippen LogP contribution in [-0.2, 0) is 0 Å². The third kappa shape index (κ3) is 2.45. The van der Waals surface area contributed by atoms with Crippen molar-refractivity contribution in [2.75, 3.05) is 0 Å². The number of aryl methyl sites for hydroxylation is 1. The lowest BCUT2D eigenvalue weighted by molar-refractivity contribution is 0.615. The van der Waals surface area contributed by atoms with Crippen molar-refractivity contribution >= 4 is 38.7 Å². The number of hydrogen-bond acceptors (Lipinski definition) is 2. The monoisotopic (exact) mass is 367 g/mol. The average Bonchev–Trinajstić information content (AvgIpc) is 2.77. The minimum atomic E-state index is -0.369. The van der Waals surface area contributed by atoms with Gasteiger partial charge in [0.25, 0.3) is 0 Å². The van der Waals surface area contributed by atoms with Crippen LogP contribution in [0.1, 0.15) is 23.7 Å². The number of rotatable bonds is 2. The second-order valence-corrected chi connectivity index (χ2v) is 6.36. The number of pyridine rings is 1. The minimum absolute atomic E-state index is 0.357. The third-order valence-corrected chi connectivity index (χ3v) is 4.01. The second-order valence-electron chi connectivity index (χ2n) is 4.85. The summed E-state index contributed by atoms with van der Waals surface area (Å²) in [5.41, 5.74) is 2.66. The Kier molecular flexibility index (Phi) is 3.71. The van der Waals surface area contributed by atoms with Gasteiger partial charge in [-0.1, -0.05) is 6.07 Å². The summed E-state index contributed by atoms with van der Waals surface area (Å²) in [6.45, 7) is 3.75. The molecule has 3 rings (SSSR count). The van der Waals surface area contributed by atoms with Gasteiger partial charge in [-0.25, -0.2) is 14.4 Å². The first kappa shape index (κ1) is 14.5. The van der Waals surface area contributed by atoms with Crippen molar-refractivity contribution < 1.29 is 4.39 Å². The first-order valence-corrected chi connectivity index (χ1v) is 7.65. The summed E-state index contributed by atoms with van der Waals surface area (Å²) in [5, 5.41) is -0.369. The molecular formula is C15H12BrClFN3. The third-order valence-electron chi connectivity index (χ3n) is 3.18. The molecule has 3 nitrogen and oxygen atoms in total. The summed E-state index contributed by atoms with van der Waals surface area (Å²) in [7, 11) is 0. The van der Waals surface area contributed by atoms with Crippen LogP contribution in [0.4, 0.5) is 4.39 Å². The molecule has 0 fully saturated rings. The van der Waals surface area contributed by atoms with Crippen LogP contribution in [-0.4, -0.2) is 14.5 Å². The Morgan fingerprint density at radius 1 is 1.38 bits per heavy atom. The summed E-state index contributed by atoms with van der Waals surface area (Å²) in [4.78, 5) is 8.91. The lowest BCUT2D eigenvalue weighted by Gasteiger charge is -2.12. The van der Waals surface area contributed by atoms with Crippen molar-refractivity contribution in [3.8, 4) is 5.69 Å². The van der Waals surface area contributed by atoms with E-state index >= 15 is 0 Å². The molecule has 0 N–H and O–H groups in total. The van der Waals surface area contributed by atoms with Gasteiger partial charge in [0.2, 0.25) is 0 Å². The number of imidazole rings is 1. The maximum Gasteiger partial charge on any atom is 0.164 e. The van der Waals surface area contributed by atoms with Crippen molar-refractivity contribution in [2.45, 2.75) is 19.2 Å². The Labute approximate surface area is 134 Å². The van der Waals surface area contributed by atoms with Crippen LogP contribution in [0.2, 0.25) is 0 Å². The van der Waals surface area contributed by atoms with E-state index in [1.165, 1.54) is 6.07 Å². The molecule has 0 spiro atoms. The number of hydrogen-bond donors (Lipinski definition) is 0. The molecule has 0 saturated heterocycles. The smallest absolute Gasteiger partial charge is 0.164 e. The number of benzene rings is 1. The molecule has 0 bridgehead atoms. The summed E-state index contributed by atoms with van der Waals surface area (Å²) in [6, 6.07) is 6.74. The number of alkyl halides is 1. The van der Waals surface area contributed by atoms with Gasteiger partial charge in [0, 0.05) is 10.7 Å². The molecule has 6 heteroatoms. The van der Waals surface area contributed by atoms with E-state index in [1.807, 2.05) is 13.0 Å². The van der Waals surface area contributed by atoms with Gasteiger partial charge in [-0.15, -0.1) is 11.6 Å². The number of nitrogens with zero attached hydrogens (tertiary/aromatic N) is 3. The molecule has 3 aromatic rings. The molecule has 2 heterocycles. The minimum Gasteiger partial charge on any atom is -0.275 e. The fraction of sp³-hybridized carbons (Fsp3) is 0.200. The first-order chi connectivity index (χ1) is 9.99. The molecule has 1 atom stereocenters. The van der Waals surface area contributed by atoms with Crippen LogP contribution >= 0.6 is 27.5 Å². The first-order valence-electron chi connectivity index (χ1n) is 6.42. The molecule has 0 saturated carbocycles. The summed E-state index contributed by atoms with van der Waals surface area (Å²) in [5.74, 6) is 0.209. The summed E-state index contributed by atoms with van der Waals surface area (Å²) >= 11 is 9.62. The van der Waals surface area contributed by atoms with E-state index in [2.05, 4.69) is 25.9 Å². The van der Waals surface area contributed by atoms with E-state index in [4.69, 9.17) is 11.6 Å². The zero-order chi connectivity index (χ0) is 15.1. The van der Waals surface area contributed by atoms with Crippen LogP contribution in [0, 0.1) is 12.7 Å². The quantitative estimate of drug-likeness (QED) is 0.600. The van der Waals surface area contributed by atoms with Crippen molar-refractivity contribution in [1.29, 1.82) is 0 Å². The fourth-order valence-corrected chi connectivity index (χ4v) is 2.94. The van der Waals surface area contributed by atoms with E-state index in [0.29, 0.717) is 27.1 Å². The maximum atomic E-state index is 14.3. The lowest BCUT2D eigenvalue weighted by Crippen LogP contribution is -2.05. The Morgan fingerprint density at radius 2 is 2.14 bits per heavy atom. The maximum absolute atomic E-state index is 14.3. The Balaban J connectivity index is 2.42. The predicted octanol–water partition coefficient (Wildman–Crippen LogP) is 4.93. The molecule has 2 aromatic heterocycles. The number of aromatic nitrogens is 3. The molecule has 0 aliphatic rings. The molecule has 0 aliphatic heterocycles. The van der Waals surface area contributed by atoms with Crippen molar-refractivity contribution in [3.63, 3.8) is 0 Å². The summed E-state index contributed by atoms with van der Waals surface area (Å²) < 4.78 is 16.6. The van der Waals surface area contributed by atoms with E-state index < -0.39 is 0 Å². The fourth-order valence-electron chi connectivity index (χ4n) is 2.27. The van der Waals surface area contributed by atoms with E-state index in [-0.39, 0.29) is 11.2 Å². The number of para-hydroxylation sites is 1. The van der Waals surface area contributed by atoms with E-state index in [0.717, 1.165) is 5.56 Å². The highest BCUT2D eigenvalue weighted by molar-refractivity contribution is 9.10. The zero-order valence-electron chi connectivity index (χ0n) is 11.4. The summed E-state index contributed by atoms with van der Waals surface area (Å²) in [6.07, 6.45) is 1.73. The van der Waals surface area contributed by atoms with Crippen molar-refractivity contribution in [1.82, 2.24) is 14.5 Å². The van der Waals surface area contributed by atoms with Crippen molar-refractivity contribution in [2.24, 2.45) is 0 Å². The molecule has 1 unspecified atom stereocenters. The van der Waals surface area contributed by atoms with Crippen molar-refractivity contribution in [3.05, 3.63) is 52.1 Å². The number of fused-ring (bicyclic) bond motifs is 1. The molecule has 108 valence electrons. The van der Waals surface area contributed by atoms with Gasteiger partial charge < -0.3 is 0 Å². The van der Waals surface area contributed by atoms with Crippen LogP contribution in [0.3, 0.4) is 0 Å². The largest absolute Gasteiger partial charge is 0.275 e. The highest BCUT2D eigenvalue weighted by atomic mass is 79.9. The second kappa shape index (κ2) is 5.39. The average molecular weight is 369 g/mol. The van der Waals surface area contributed by atoms with E-state index in [1.54, 1.807) is 29.8 Å². The molecule has 21 heavy (non-hydrogen) atoms. The van der Waals surface area contributed by atoms with Crippen LogP contribution < -0.4 is 0 Å². The molecular weight excluding hydrogens is 357 g/mol. The molecule has 0 radical (unpaired) electrons. The molecule has 0 aliphatic carbocycles. The van der Waals surface area contributed by atoms with Crippen LogP contribution in [0.5, 0.6) is 0 Å². The van der Waals surface area contributed by atoms with Gasteiger partial charge in [-0.05, 0) is 53.5 Å². The topological polar surface area (TPSA) is 30.7 Å². The van der Waals surface area contributed by atoms with Gasteiger partial charge >= 0.3 is 0 Å². The van der Waals surface area contributed by atoms with Gasteiger partial charge in [-0.3, -0.25) is 4.57 Å². The normalized spacial score (nSPS) is 12.8. The predicted molar refractivity (Wildman–Crippen MR) is 85.5 cm³/mol. The van der Waals surface area contributed by atoms with Crippen LogP contribution in [0.25, 0.3) is 16.9 Å². The highest BCUT2D eigenvalue weighted by Gasteiger charge is 2.21. The Morgan fingerprint density at radius 3 is 2.81 bits per heavy atom.